The quantitative estimate of drug-likeness (QED) is 0.687. The first-order chi connectivity index (χ1) is 10.4. The fraction of sp³-hybridized carbons (Fsp3) is 0.643. The predicted octanol–water partition coefficient (Wildman–Crippen LogP) is 0.913. The van der Waals surface area contributed by atoms with Crippen LogP contribution in [0.25, 0.3) is 0 Å². The van der Waals surface area contributed by atoms with Gasteiger partial charge in [-0.15, -0.1) is 11.3 Å². The standard InChI is InChI=1S/C14H22N2O4S2/c1-15(2)6-9-22(18,19)16-5-7-20-11-12(16)10-13(17)14-4-3-8-21-14/h3-4,8,12H,5-7,9-11H2,1-2H3/t12-/m0/s1. The monoisotopic (exact) mass is 346 g/mol. The molecule has 0 spiro atoms. The lowest BCUT2D eigenvalue weighted by molar-refractivity contribution is 0.0294. The second-order valence-corrected chi connectivity index (χ2v) is 8.55. The Morgan fingerprint density at radius 1 is 1.50 bits per heavy atom. The van der Waals surface area contributed by atoms with Gasteiger partial charge in [0.1, 0.15) is 0 Å². The van der Waals surface area contributed by atoms with Crippen molar-refractivity contribution in [3.8, 4) is 0 Å². The highest BCUT2D eigenvalue weighted by Gasteiger charge is 2.34. The van der Waals surface area contributed by atoms with E-state index in [1.807, 2.05) is 30.4 Å². The van der Waals surface area contributed by atoms with Gasteiger partial charge in [0.15, 0.2) is 5.78 Å². The van der Waals surface area contributed by atoms with Crippen molar-refractivity contribution in [1.82, 2.24) is 9.21 Å². The van der Waals surface area contributed by atoms with Crippen molar-refractivity contribution in [3.63, 3.8) is 0 Å². The van der Waals surface area contributed by atoms with Crippen molar-refractivity contribution < 1.29 is 17.9 Å². The Kier molecular flexibility index (Phi) is 6.10. The molecule has 1 aromatic rings. The molecule has 0 saturated carbocycles. The predicted molar refractivity (Wildman–Crippen MR) is 86.9 cm³/mol. The third-order valence-corrected chi connectivity index (χ3v) is 6.35. The van der Waals surface area contributed by atoms with Gasteiger partial charge in [-0.1, -0.05) is 6.07 Å². The van der Waals surface area contributed by atoms with Gasteiger partial charge in [0, 0.05) is 19.5 Å². The van der Waals surface area contributed by atoms with Crippen LogP contribution >= 0.6 is 11.3 Å². The molecule has 8 heteroatoms. The average molecular weight is 346 g/mol. The van der Waals surface area contributed by atoms with Gasteiger partial charge in [0.25, 0.3) is 0 Å². The van der Waals surface area contributed by atoms with E-state index in [0.29, 0.717) is 24.6 Å². The van der Waals surface area contributed by atoms with E-state index in [-0.39, 0.29) is 24.6 Å². The third kappa shape index (κ3) is 4.60. The molecule has 22 heavy (non-hydrogen) atoms. The molecular formula is C14H22N2O4S2. The molecule has 0 aromatic carbocycles. The van der Waals surface area contributed by atoms with Crippen molar-refractivity contribution in [1.29, 1.82) is 0 Å². The van der Waals surface area contributed by atoms with E-state index >= 15 is 0 Å². The van der Waals surface area contributed by atoms with Gasteiger partial charge in [0.2, 0.25) is 10.0 Å². The molecule has 0 bridgehead atoms. The SMILES string of the molecule is CN(C)CCS(=O)(=O)N1CCOC[C@@H]1CC(=O)c1cccs1. The first kappa shape index (κ1) is 17.6. The summed E-state index contributed by atoms with van der Waals surface area (Å²) < 4.78 is 31.8. The number of hydrogen-bond acceptors (Lipinski definition) is 6. The Morgan fingerprint density at radius 2 is 2.27 bits per heavy atom. The number of carbonyl (C=O) groups excluding carboxylic acids is 1. The number of carbonyl (C=O) groups is 1. The van der Waals surface area contributed by atoms with Crippen molar-refractivity contribution >= 4 is 27.1 Å². The number of ether oxygens (including phenoxy) is 1. The zero-order chi connectivity index (χ0) is 16.2. The number of rotatable bonds is 7. The van der Waals surface area contributed by atoms with Crippen molar-refractivity contribution in [2.24, 2.45) is 0 Å². The highest BCUT2D eigenvalue weighted by atomic mass is 32.2. The van der Waals surface area contributed by atoms with Crippen LogP contribution in [0.5, 0.6) is 0 Å². The maximum absolute atomic E-state index is 12.5. The average Bonchev–Trinajstić information content (AvgIpc) is 3.00. The van der Waals surface area contributed by atoms with E-state index in [1.54, 1.807) is 6.07 Å². The summed E-state index contributed by atoms with van der Waals surface area (Å²) in [6.07, 6.45) is 0.168. The van der Waals surface area contributed by atoms with Crippen LogP contribution < -0.4 is 0 Å². The van der Waals surface area contributed by atoms with Crippen LogP contribution in [0, 0.1) is 0 Å². The smallest absolute Gasteiger partial charge is 0.215 e. The molecule has 1 saturated heterocycles. The van der Waals surface area contributed by atoms with Gasteiger partial charge in [-0.3, -0.25) is 4.79 Å². The van der Waals surface area contributed by atoms with Crippen LogP contribution in [0.3, 0.4) is 0 Å². The van der Waals surface area contributed by atoms with Crippen LogP contribution in [0.15, 0.2) is 17.5 Å². The summed E-state index contributed by atoms with van der Waals surface area (Å²) in [6, 6.07) is 3.18. The van der Waals surface area contributed by atoms with Crippen molar-refractivity contribution in [2.75, 3.05) is 46.2 Å². The van der Waals surface area contributed by atoms with Gasteiger partial charge in [-0.25, -0.2) is 8.42 Å². The number of morpholine rings is 1. The molecule has 2 heterocycles. The summed E-state index contributed by atoms with van der Waals surface area (Å²) >= 11 is 1.38. The molecule has 1 aliphatic heterocycles. The lowest BCUT2D eigenvalue weighted by atomic mass is 10.1. The first-order valence-corrected chi connectivity index (χ1v) is 9.68. The molecule has 1 atom stereocenters. The Bertz CT molecular complexity index is 584. The normalized spacial score (nSPS) is 20.4. The minimum Gasteiger partial charge on any atom is -0.378 e. The van der Waals surface area contributed by atoms with Gasteiger partial charge >= 0.3 is 0 Å². The molecule has 1 aliphatic rings. The summed E-state index contributed by atoms with van der Waals surface area (Å²) in [6.45, 7) is 1.44. The van der Waals surface area contributed by atoms with E-state index in [9.17, 15) is 13.2 Å². The van der Waals surface area contributed by atoms with Crippen LogP contribution in [-0.2, 0) is 14.8 Å². The fourth-order valence-electron chi connectivity index (χ4n) is 2.33. The van der Waals surface area contributed by atoms with Crippen LogP contribution in [0.1, 0.15) is 16.1 Å². The summed E-state index contributed by atoms with van der Waals surface area (Å²) in [5.41, 5.74) is 0. The molecule has 1 aromatic heterocycles. The Morgan fingerprint density at radius 3 is 2.91 bits per heavy atom. The van der Waals surface area contributed by atoms with Gasteiger partial charge in [-0.2, -0.15) is 4.31 Å². The van der Waals surface area contributed by atoms with Crippen LogP contribution in [-0.4, -0.2) is 75.6 Å². The van der Waals surface area contributed by atoms with Crippen LogP contribution in [0.4, 0.5) is 0 Å². The number of nitrogens with zero attached hydrogens (tertiary/aromatic N) is 2. The lowest BCUT2D eigenvalue weighted by Crippen LogP contribution is -2.50. The molecule has 124 valence electrons. The van der Waals surface area contributed by atoms with Crippen LogP contribution in [0.2, 0.25) is 0 Å². The summed E-state index contributed by atoms with van der Waals surface area (Å²) in [5.74, 6) is 0.0299. The third-order valence-electron chi connectivity index (χ3n) is 3.54. The minimum absolute atomic E-state index is 0.0293. The molecule has 6 nitrogen and oxygen atoms in total. The van der Waals surface area contributed by atoms with E-state index in [1.165, 1.54) is 15.6 Å². The van der Waals surface area contributed by atoms with E-state index in [2.05, 4.69) is 0 Å². The molecule has 2 rings (SSSR count). The fourth-order valence-corrected chi connectivity index (χ4v) is 4.78. The molecule has 0 radical (unpaired) electrons. The van der Waals surface area contributed by atoms with Gasteiger partial charge in [-0.05, 0) is 25.5 Å². The second kappa shape index (κ2) is 7.65. The second-order valence-electron chi connectivity index (χ2n) is 5.56. The maximum atomic E-state index is 12.5. The molecular weight excluding hydrogens is 324 g/mol. The molecule has 0 amide bonds. The number of thiophene rings is 1. The highest BCUT2D eigenvalue weighted by molar-refractivity contribution is 7.89. The minimum atomic E-state index is -3.38. The molecule has 0 aliphatic carbocycles. The molecule has 0 N–H and O–H groups in total. The lowest BCUT2D eigenvalue weighted by Gasteiger charge is -2.34. The van der Waals surface area contributed by atoms with Gasteiger partial charge < -0.3 is 9.64 Å². The van der Waals surface area contributed by atoms with Gasteiger partial charge in [0.05, 0.1) is 29.9 Å². The molecule has 0 unspecified atom stereocenters. The first-order valence-electron chi connectivity index (χ1n) is 7.19. The largest absolute Gasteiger partial charge is 0.378 e. The maximum Gasteiger partial charge on any atom is 0.215 e. The summed E-state index contributed by atoms with van der Waals surface area (Å²) in [4.78, 5) is 14.7. The summed E-state index contributed by atoms with van der Waals surface area (Å²) in [5, 5.41) is 1.84. The number of Topliss-reactive ketones (excluding diaryl/α,β-unsaturated/α-hetero) is 1. The molecule has 1 fully saturated rings. The summed E-state index contributed by atoms with van der Waals surface area (Å²) in [7, 11) is 0.301. The zero-order valence-electron chi connectivity index (χ0n) is 12.9. The number of sulfonamides is 1. The Balaban J connectivity index is 2.06. The number of ketones is 1. The van der Waals surface area contributed by atoms with Crippen molar-refractivity contribution in [2.45, 2.75) is 12.5 Å². The van der Waals surface area contributed by atoms with Crippen molar-refractivity contribution in [3.05, 3.63) is 22.4 Å². The van der Waals surface area contributed by atoms with E-state index < -0.39 is 16.1 Å². The Labute approximate surface area is 135 Å². The topological polar surface area (TPSA) is 66.9 Å². The zero-order valence-corrected chi connectivity index (χ0v) is 14.5. The Hall–Kier alpha value is -0.800. The number of hydrogen-bond donors (Lipinski definition) is 0. The van der Waals surface area contributed by atoms with E-state index in [4.69, 9.17) is 4.74 Å². The highest BCUT2D eigenvalue weighted by Crippen LogP contribution is 2.20. The van der Waals surface area contributed by atoms with E-state index in [0.717, 1.165) is 0 Å².